The number of nitrogens with zero attached hydrogens (tertiary/aromatic N) is 2. The van der Waals surface area contributed by atoms with E-state index in [0.717, 1.165) is 11.1 Å². The molecule has 5 heteroatoms. The molecule has 0 heterocycles. The lowest BCUT2D eigenvalue weighted by Gasteiger charge is -2.05. The maximum atomic E-state index is 10.6. The minimum absolute atomic E-state index is 0.111. The van der Waals surface area contributed by atoms with Crippen LogP contribution < -0.4 is 0 Å². The molecule has 1 rings (SSSR count). The molecule has 0 bridgehead atoms. The third-order valence-corrected chi connectivity index (χ3v) is 3.41. The van der Waals surface area contributed by atoms with Crippen LogP contribution in [0.3, 0.4) is 0 Å². The van der Waals surface area contributed by atoms with Gasteiger partial charge >= 0.3 is 0 Å². The van der Waals surface area contributed by atoms with Gasteiger partial charge in [-0.2, -0.15) is 5.26 Å². The normalized spacial score (nSPS) is 9.57. The van der Waals surface area contributed by atoms with Gasteiger partial charge in [-0.1, -0.05) is 0 Å². The summed E-state index contributed by atoms with van der Waals surface area (Å²) in [4.78, 5) is 10.1. The van der Waals surface area contributed by atoms with E-state index in [1.807, 2.05) is 35.6 Å². The number of nitro groups is 1. The van der Waals surface area contributed by atoms with E-state index < -0.39 is 4.92 Å². The number of aryl methyl sites for hydroxylation is 1. The van der Waals surface area contributed by atoms with Crippen molar-refractivity contribution in [3.8, 4) is 6.07 Å². The van der Waals surface area contributed by atoms with E-state index in [1.54, 1.807) is 6.92 Å². The van der Waals surface area contributed by atoms with Crippen molar-refractivity contribution >= 4 is 28.3 Å². The number of benzene rings is 1. The fraction of sp³-hybridized carbons (Fsp3) is 0.222. The van der Waals surface area contributed by atoms with Gasteiger partial charge in [0, 0.05) is 9.64 Å². The number of hydrogen-bond donors (Lipinski definition) is 0. The van der Waals surface area contributed by atoms with E-state index in [-0.39, 0.29) is 11.3 Å². The number of hydrogen-bond acceptors (Lipinski definition) is 3. The molecular weight excluding hydrogens is 295 g/mol. The van der Waals surface area contributed by atoms with Crippen molar-refractivity contribution in [1.29, 1.82) is 5.26 Å². The SMILES string of the molecule is Cc1cc([N+](=O)[O-])c(C#N)c(I)c1C. The van der Waals surface area contributed by atoms with Gasteiger partial charge in [-0.25, -0.2) is 0 Å². The van der Waals surface area contributed by atoms with Gasteiger partial charge in [-0.05, 0) is 47.6 Å². The lowest BCUT2D eigenvalue weighted by molar-refractivity contribution is -0.385. The Bertz CT molecular complexity index is 449. The molecule has 0 aliphatic heterocycles. The Morgan fingerprint density at radius 2 is 2.14 bits per heavy atom. The van der Waals surface area contributed by atoms with Gasteiger partial charge in [0.1, 0.15) is 11.6 Å². The first-order chi connectivity index (χ1) is 6.49. The zero-order valence-electron chi connectivity index (χ0n) is 7.67. The zero-order chi connectivity index (χ0) is 10.9. The Kier molecular flexibility index (Phi) is 3.06. The second kappa shape index (κ2) is 3.92. The second-order valence-corrected chi connectivity index (χ2v) is 3.97. The molecule has 0 saturated heterocycles. The molecule has 0 aromatic heterocycles. The van der Waals surface area contributed by atoms with Gasteiger partial charge in [0.15, 0.2) is 0 Å². The minimum atomic E-state index is -0.521. The van der Waals surface area contributed by atoms with Crippen molar-refractivity contribution in [1.82, 2.24) is 0 Å². The third kappa shape index (κ3) is 1.70. The van der Waals surface area contributed by atoms with E-state index in [0.29, 0.717) is 3.57 Å². The van der Waals surface area contributed by atoms with E-state index in [9.17, 15) is 10.1 Å². The monoisotopic (exact) mass is 302 g/mol. The van der Waals surface area contributed by atoms with Crippen molar-refractivity contribution in [2.45, 2.75) is 13.8 Å². The van der Waals surface area contributed by atoms with E-state index >= 15 is 0 Å². The molecule has 4 nitrogen and oxygen atoms in total. The smallest absolute Gasteiger partial charge is 0.258 e. The van der Waals surface area contributed by atoms with Gasteiger partial charge in [0.2, 0.25) is 0 Å². The van der Waals surface area contributed by atoms with E-state index in [1.165, 1.54) is 6.07 Å². The summed E-state index contributed by atoms with van der Waals surface area (Å²) in [5, 5.41) is 19.5. The Balaban J connectivity index is 3.62. The van der Waals surface area contributed by atoms with Crippen LogP contribution in [0.25, 0.3) is 0 Å². The standard InChI is InChI=1S/C9H7IN2O2/c1-5-3-8(12(13)14)7(4-11)9(10)6(5)2/h3H,1-2H3. The maximum Gasteiger partial charge on any atom is 0.288 e. The van der Waals surface area contributed by atoms with Gasteiger partial charge in [0.25, 0.3) is 5.69 Å². The largest absolute Gasteiger partial charge is 0.288 e. The van der Waals surface area contributed by atoms with E-state index in [2.05, 4.69) is 0 Å². The van der Waals surface area contributed by atoms with Crippen molar-refractivity contribution in [3.63, 3.8) is 0 Å². The molecule has 1 aromatic rings. The average molecular weight is 302 g/mol. The van der Waals surface area contributed by atoms with Crippen LogP contribution in [0, 0.1) is 38.9 Å². The van der Waals surface area contributed by atoms with Crippen molar-refractivity contribution < 1.29 is 4.92 Å². The zero-order valence-corrected chi connectivity index (χ0v) is 9.82. The quantitative estimate of drug-likeness (QED) is 0.455. The number of rotatable bonds is 1. The van der Waals surface area contributed by atoms with Crippen LogP contribution >= 0.6 is 22.6 Å². The van der Waals surface area contributed by atoms with E-state index in [4.69, 9.17) is 5.26 Å². The van der Waals surface area contributed by atoms with Gasteiger partial charge in [-0.15, -0.1) is 0 Å². The molecule has 0 fully saturated rings. The molecule has 0 spiro atoms. The average Bonchev–Trinajstić information content (AvgIpc) is 2.13. The summed E-state index contributed by atoms with van der Waals surface area (Å²) in [6, 6.07) is 3.30. The van der Waals surface area contributed by atoms with Crippen LogP contribution in [0.2, 0.25) is 0 Å². The summed E-state index contributed by atoms with van der Waals surface area (Å²) in [7, 11) is 0. The van der Waals surface area contributed by atoms with Crippen LogP contribution in [0.5, 0.6) is 0 Å². The molecule has 0 N–H and O–H groups in total. The van der Waals surface area contributed by atoms with Gasteiger partial charge in [-0.3, -0.25) is 10.1 Å². The summed E-state index contributed by atoms with van der Waals surface area (Å²) in [6.45, 7) is 3.65. The van der Waals surface area contributed by atoms with Gasteiger partial charge < -0.3 is 0 Å². The molecule has 0 atom stereocenters. The molecule has 0 amide bonds. The summed E-state index contributed by atoms with van der Waals surface area (Å²) in [6.07, 6.45) is 0. The molecule has 0 saturated carbocycles. The Labute approximate surface area is 94.8 Å². The Morgan fingerprint density at radius 1 is 1.57 bits per heavy atom. The van der Waals surface area contributed by atoms with Gasteiger partial charge in [0.05, 0.1) is 4.92 Å². The maximum absolute atomic E-state index is 10.6. The molecule has 0 aliphatic rings. The molecule has 0 radical (unpaired) electrons. The molecule has 0 aliphatic carbocycles. The highest BCUT2D eigenvalue weighted by atomic mass is 127. The minimum Gasteiger partial charge on any atom is -0.258 e. The topological polar surface area (TPSA) is 66.9 Å². The highest BCUT2D eigenvalue weighted by molar-refractivity contribution is 14.1. The number of nitriles is 1. The summed E-state index contributed by atoms with van der Waals surface area (Å²) < 4.78 is 0.664. The van der Waals surface area contributed by atoms with Crippen molar-refractivity contribution in [2.24, 2.45) is 0 Å². The van der Waals surface area contributed by atoms with Crippen LogP contribution in [0.15, 0.2) is 6.07 Å². The molecule has 14 heavy (non-hydrogen) atoms. The molecule has 72 valence electrons. The predicted octanol–water partition coefficient (Wildman–Crippen LogP) is 2.69. The van der Waals surface area contributed by atoms with Crippen LogP contribution in [-0.2, 0) is 0 Å². The lowest BCUT2D eigenvalue weighted by Crippen LogP contribution is -1.98. The second-order valence-electron chi connectivity index (χ2n) is 2.90. The highest BCUT2D eigenvalue weighted by Crippen LogP contribution is 2.28. The van der Waals surface area contributed by atoms with Crippen LogP contribution in [0.4, 0.5) is 5.69 Å². The Hall–Kier alpha value is -1.16. The first-order valence-electron chi connectivity index (χ1n) is 3.83. The lowest BCUT2D eigenvalue weighted by atomic mass is 10.1. The fourth-order valence-corrected chi connectivity index (χ4v) is 1.93. The summed E-state index contributed by atoms with van der Waals surface area (Å²) in [5.41, 5.74) is 1.80. The summed E-state index contributed by atoms with van der Waals surface area (Å²) in [5.74, 6) is 0. The Morgan fingerprint density at radius 3 is 2.57 bits per heavy atom. The first kappa shape index (κ1) is 10.9. The molecule has 0 unspecified atom stereocenters. The first-order valence-corrected chi connectivity index (χ1v) is 4.91. The van der Waals surface area contributed by atoms with Crippen molar-refractivity contribution in [3.05, 3.63) is 36.4 Å². The number of nitro benzene ring substituents is 1. The molecular formula is C9H7IN2O2. The third-order valence-electron chi connectivity index (χ3n) is 2.06. The van der Waals surface area contributed by atoms with Crippen LogP contribution in [0.1, 0.15) is 16.7 Å². The fourth-order valence-electron chi connectivity index (χ4n) is 1.11. The molecule has 1 aromatic carbocycles. The predicted molar refractivity (Wildman–Crippen MR) is 60.0 cm³/mol. The highest BCUT2D eigenvalue weighted by Gasteiger charge is 2.19. The number of halogens is 1. The van der Waals surface area contributed by atoms with Crippen LogP contribution in [-0.4, -0.2) is 4.92 Å². The summed E-state index contributed by atoms with van der Waals surface area (Å²) >= 11 is 1.96. The van der Waals surface area contributed by atoms with Crippen molar-refractivity contribution in [2.75, 3.05) is 0 Å².